The highest BCUT2D eigenvalue weighted by Gasteiger charge is 2.10. The normalized spacial score (nSPS) is 12.4. The predicted octanol–water partition coefficient (Wildman–Crippen LogP) is 3.18. The van der Waals surface area contributed by atoms with Gasteiger partial charge in [0.15, 0.2) is 0 Å². The molecule has 0 aromatic heterocycles. The van der Waals surface area contributed by atoms with Crippen molar-refractivity contribution in [3.8, 4) is 5.75 Å². The zero-order chi connectivity index (χ0) is 15.9. The fourth-order valence-electron chi connectivity index (χ4n) is 2.42. The molecule has 0 saturated carbocycles. The number of aryl methyl sites for hydroxylation is 2. The van der Waals surface area contributed by atoms with Crippen LogP contribution in [-0.4, -0.2) is 36.3 Å². The summed E-state index contributed by atoms with van der Waals surface area (Å²) >= 11 is 0. The molecule has 2 rings (SSSR count). The summed E-state index contributed by atoms with van der Waals surface area (Å²) in [5.74, 6) is 0.852. The van der Waals surface area contributed by atoms with Gasteiger partial charge in [0, 0.05) is 13.1 Å². The Kier molecular flexibility index (Phi) is 5.99. The summed E-state index contributed by atoms with van der Waals surface area (Å²) in [5, 5.41) is 10.2. The van der Waals surface area contributed by atoms with E-state index in [0.717, 1.165) is 23.4 Å². The van der Waals surface area contributed by atoms with E-state index in [4.69, 9.17) is 4.74 Å². The van der Waals surface area contributed by atoms with Crippen LogP contribution in [0.5, 0.6) is 5.75 Å². The van der Waals surface area contributed by atoms with E-state index in [1.165, 1.54) is 5.56 Å². The van der Waals surface area contributed by atoms with Crippen molar-refractivity contribution in [2.24, 2.45) is 0 Å². The van der Waals surface area contributed by atoms with Gasteiger partial charge < -0.3 is 9.84 Å². The van der Waals surface area contributed by atoms with Gasteiger partial charge in [-0.2, -0.15) is 0 Å². The second kappa shape index (κ2) is 7.97. The van der Waals surface area contributed by atoms with Crippen molar-refractivity contribution in [2.75, 3.05) is 20.2 Å². The molecule has 0 heterocycles. The van der Waals surface area contributed by atoms with Crippen LogP contribution >= 0.6 is 0 Å². The summed E-state index contributed by atoms with van der Waals surface area (Å²) < 4.78 is 5.75. The first kappa shape index (κ1) is 16.5. The Bertz CT molecular complexity index is 583. The molecule has 0 saturated heterocycles. The third-order valence-electron chi connectivity index (χ3n) is 3.59. The van der Waals surface area contributed by atoms with Crippen LogP contribution in [0.3, 0.4) is 0 Å². The Balaban J connectivity index is 1.80. The summed E-state index contributed by atoms with van der Waals surface area (Å²) in [6.07, 6.45) is -0.506. The Hall–Kier alpha value is -1.84. The Morgan fingerprint density at radius 3 is 2.55 bits per heavy atom. The van der Waals surface area contributed by atoms with Gasteiger partial charge in [-0.05, 0) is 43.7 Å². The lowest BCUT2D eigenvalue weighted by atomic mass is 10.1. The summed E-state index contributed by atoms with van der Waals surface area (Å²) in [7, 11) is 2.01. The minimum Gasteiger partial charge on any atom is -0.491 e. The van der Waals surface area contributed by atoms with Crippen molar-refractivity contribution in [2.45, 2.75) is 26.5 Å². The van der Waals surface area contributed by atoms with Crippen LogP contribution in [0.4, 0.5) is 0 Å². The summed E-state index contributed by atoms with van der Waals surface area (Å²) in [4.78, 5) is 2.10. The van der Waals surface area contributed by atoms with Crippen molar-refractivity contribution in [3.05, 3.63) is 65.2 Å². The number of benzene rings is 2. The number of hydrogen-bond acceptors (Lipinski definition) is 3. The lowest BCUT2D eigenvalue weighted by molar-refractivity contribution is 0.0741. The highest BCUT2D eigenvalue weighted by atomic mass is 16.5. The lowest BCUT2D eigenvalue weighted by Gasteiger charge is -2.21. The van der Waals surface area contributed by atoms with Crippen LogP contribution in [0.2, 0.25) is 0 Å². The maximum absolute atomic E-state index is 10.2. The zero-order valence-corrected chi connectivity index (χ0v) is 13.6. The molecule has 0 aliphatic heterocycles. The molecule has 0 bridgehead atoms. The first-order valence-corrected chi connectivity index (χ1v) is 7.65. The van der Waals surface area contributed by atoms with Gasteiger partial charge in [0.2, 0.25) is 0 Å². The minimum atomic E-state index is -0.506. The van der Waals surface area contributed by atoms with E-state index in [-0.39, 0.29) is 0 Å². The molecule has 1 atom stereocenters. The standard InChI is InChI=1S/C19H25NO2/c1-15-9-10-16(2)19(11-15)22-14-18(21)13-20(3)12-17-7-5-4-6-8-17/h4-11,18,21H,12-14H2,1-3H3. The molecule has 0 amide bonds. The first-order valence-electron chi connectivity index (χ1n) is 7.65. The Morgan fingerprint density at radius 2 is 1.82 bits per heavy atom. The molecule has 0 spiro atoms. The number of hydrogen-bond donors (Lipinski definition) is 1. The average Bonchev–Trinajstić information content (AvgIpc) is 2.49. The Morgan fingerprint density at radius 1 is 1.09 bits per heavy atom. The van der Waals surface area contributed by atoms with E-state index in [1.54, 1.807) is 0 Å². The molecule has 3 heteroatoms. The lowest BCUT2D eigenvalue weighted by Crippen LogP contribution is -2.32. The highest BCUT2D eigenvalue weighted by Crippen LogP contribution is 2.19. The number of rotatable bonds is 7. The third-order valence-corrected chi connectivity index (χ3v) is 3.59. The number of aliphatic hydroxyl groups is 1. The van der Waals surface area contributed by atoms with Crippen LogP contribution in [-0.2, 0) is 6.54 Å². The van der Waals surface area contributed by atoms with Crippen molar-refractivity contribution < 1.29 is 9.84 Å². The minimum absolute atomic E-state index is 0.309. The molecule has 1 unspecified atom stereocenters. The van der Waals surface area contributed by atoms with Crippen LogP contribution in [0.25, 0.3) is 0 Å². The van der Waals surface area contributed by atoms with Crippen LogP contribution in [0.15, 0.2) is 48.5 Å². The number of nitrogens with zero attached hydrogens (tertiary/aromatic N) is 1. The van der Waals surface area contributed by atoms with Crippen molar-refractivity contribution in [3.63, 3.8) is 0 Å². The maximum Gasteiger partial charge on any atom is 0.122 e. The first-order chi connectivity index (χ1) is 10.5. The van der Waals surface area contributed by atoms with Gasteiger partial charge in [-0.15, -0.1) is 0 Å². The molecule has 3 nitrogen and oxygen atoms in total. The van der Waals surface area contributed by atoms with Crippen LogP contribution in [0, 0.1) is 13.8 Å². The van der Waals surface area contributed by atoms with E-state index in [9.17, 15) is 5.11 Å². The van der Waals surface area contributed by atoms with E-state index in [1.807, 2.05) is 51.2 Å². The molecular formula is C19H25NO2. The smallest absolute Gasteiger partial charge is 0.122 e. The maximum atomic E-state index is 10.2. The fraction of sp³-hybridized carbons (Fsp3) is 0.368. The summed E-state index contributed by atoms with van der Waals surface area (Å²) in [6.45, 7) is 5.77. The van der Waals surface area contributed by atoms with Gasteiger partial charge in [0.05, 0.1) is 0 Å². The molecule has 118 valence electrons. The van der Waals surface area contributed by atoms with Gasteiger partial charge >= 0.3 is 0 Å². The molecule has 0 radical (unpaired) electrons. The van der Waals surface area contributed by atoms with Gasteiger partial charge in [0.25, 0.3) is 0 Å². The molecule has 0 fully saturated rings. The molecule has 22 heavy (non-hydrogen) atoms. The third kappa shape index (κ3) is 5.17. The topological polar surface area (TPSA) is 32.7 Å². The van der Waals surface area contributed by atoms with Crippen molar-refractivity contribution >= 4 is 0 Å². The quantitative estimate of drug-likeness (QED) is 0.852. The predicted molar refractivity (Wildman–Crippen MR) is 90.2 cm³/mol. The second-order valence-corrected chi connectivity index (χ2v) is 5.92. The van der Waals surface area contributed by atoms with Gasteiger partial charge in [0.1, 0.15) is 18.5 Å². The van der Waals surface area contributed by atoms with Gasteiger partial charge in [-0.25, -0.2) is 0 Å². The van der Waals surface area contributed by atoms with E-state index in [2.05, 4.69) is 23.1 Å². The zero-order valence-electron chi connectivity index (χ0n) is 13.6. The van der Waals surface area contributed by atoms with E-state index >= 15 is 0 Å². The van der Waals surface area contributed by atoms with Gasteiger partial charge in [-0.3, -0.25) is 4.90 Å². The number of ether oxygens (including phenoxy) is 1. The van der Waals surface area contributed by atoms with E-state index in [0.29, 0.717) is 13.2 Å². The van der Waals surface area contributed by atoms with Crippen LogP contribution < -0.4 is 4.74 Å². The monoisotopic (exact) mass is 299 g/mol. The number of likely N-dealkylation sites (N-methyl/N-ethyl adjacent to an activating group) is 1. The van der Waals surface area contributed by atoms with Crippen molar-refractivity contribution in [1.29, 1.82) is 0 Å². The molecule has 0 aliphatic carbocycles. The van der Waals surface area contributed by atoms with Crippen molar-refractivity contribution in [1.82, 2.24) is 4.90 Å². The fourth-order valence-corrected chi connectivity index (χ4v) is 2.42. The molecular weight excluding hydrogens is 274 g/mol. The summed E-state index contributed by atoms with van der Waals surface area (Å²) in [5.41, 5.74) is 3.50. The SMILES string of the molecule is Cc1ccc(C)c(OCC(O)CN(C)Cc2ccccc2)c1. The van der Waals surface area contributed by atoms with Crippen LogP contribution in [0.1, 0.15) is 16.7 Å². The molecule has 2 aromatic rings. The van der Waals surface area contributed by atoms with E-state index < -0.39 is 6.10 Å². The second-order valence-electron chi connectivity index (χ2n) is 5.92. The Labute approximate surface area is 133 Å². The largest absolute Gasteiger partial charge is 0.491 e. The molecule has 1 N–H and O–H groups in total. The average molecular weight is 299 g/mol. The van der Waals surface area contributed by atoms with Gasteiger partial charge in [-0.1, -0.05) is 42.5 Å². The highest BCUT2D eigenvalue weighted by molar-refractivity contribution is 5.35. The molecule has 2 aromatic carbocycles. The summed E-state index contributed by atoms with van der Waals surface area (Å²) in [6, 6.07) is 16.4. The number of aliphatic hydroxyl groups excluding tert-OH is 1. The molecule has 0 aliphatic rings.